The van der Waals surface area contributed by atoms with Crippen LogP contribution >= 0.6 is 0 Å². The Hall–Kier alpha value is -2.48. The molecule has 1 aliphatic carbocycles. The summed E-state index contributed by atoms with van der Waals surface area (Å²) in [6, 6.07) is 4.29. The van der Waals surface area contributed by atoms with Crippen LogP contribution in [0.15, 0.2) is 22.8 Å². The SMILES string of the molecule is CC(C)(C)OC(=O)N1CCN(C2CCC(NC(=O)c3cc4occc4[nH]3)CC2)CC1. The van der Waals surface area contributed by atoms with Gasteiger partial charge in [-0.05, 0) is 46.5 Å². The molecule has 0 bridgehead atoms. The summed E-state index contributed by atoms with van der Waals surface area (Å²) in [5.41, 5.74) is 1.63. The molecule has 2 aromatic heterocycles. The van der Waals surface area contributed by atoms with Crippen molar-refractivity contribution in [3.8, 4) is 0 Å². The zero-order valence-electron chi connectivity index (χ0n) is 18.1. The second-order valence-electron chi connectivity index (χ2n) is 9.36. The number of H-pyrrole nitrogens is 1. The topological polar surface area (TPSA) is 90.8 Å². The lowest BCUT2D eigenvalue weighted by Crippen LogP contribution is -2.54. The van der Waals surface area contributed by atoms with Crippen LogP contribution in [-0.2, 0) is 4.74 Å². The quantitative estimate of drug-likeness (QED) is 0.801. The second-order valence-corrected chi connectivity index (χ2v) is 9.36. The molecule has 164 valence electrons. The number of hydrogen-bond acceptors (Lipinski definition) is 5. The first kappa shape index (κ1) is 20.8. The zero-order chi connectivity index (χ0) is 21.3. The number of carbonyl (C=O) groups is 2. The molecule has 2 fully saturated rings. The van der Waals surface area contributed by atoms with E-state index in [1.54, 1.807) is 17.2 Å². The first-order valence-corrected chi connectivity index (χ1v) is 10.9. The molecule has 8 heteroatoms. The van der Waals surface area contributed by atoms with E-state index in [1.165, 1.54) is 0 Å². The predicted octanol–water partition coefficient (Wildman–Crippen LogP) is 3.35. The van der Waals surface area contributed by atoms with Crippen molar-refractivity contribution in [2.75, 3.05) is 26.2 Å². The van der Waals surface area contributed by atoms with E-state index < -0.39 is 5.60 Å². The molecule has 2 amide bonds. The van der Waals surface area contributed by atoms with Crippen LogP contribution in [0.5, 0.6) is 0 Å². The summed E-state index contributed by atoms with van der Waals surface area (Å²) in [6.07, 6.45) is 5.45. The number of carbonyl (C=O) groups excluding carboxylic acids is 2. The van der Waals surface area contributed by atoms with Gasteiger partial charge in [0.2, 0.25) is 0 Å². The summed E-state index contributed by atoms with van der Waals surface area (Å²) in [6.45, 7) is 8.85. The van der Waals surface area contributed by atoms with Crippen LogP contribution in [0, 0.1) is 0 Å². The maximum atomic E-state index is 12.5. The van der Waals surface area contributed by atoms with Crippen molar-refractivity contribution in [3.63, 3.8) is 0 Å². The summed E-state index contributed by atoms with van der Waals surface area (Å²) in [4.78, 5) is 32.1. The van der Waals surface area contributed by atoms with Crippen molar-refractivity contribution < 1.29 is 18.7 Å². The van der Waals surface area contributed by atoms with E-state index in [0.717, 1.165) is 44.3 Å². The van der Waals surface area contributed by atoms with Crippen molar-refractivity contribution >= 4 is 23.1 Å². The molecular formula is C22H32N4O4. The van der Waals surface area contributed by atoms with Gasteiger partial charge in [-0.25, -0.2) is 4.79 Å². The molecule has 0 atom stereocenters. The maximum Gasteiger partial charge on any atom is 0.410 e. The van der Waals surface area contributed by atoms with Gasteiger partial charge in [0, 0.05) is 50.4 Å². The Bertz CT molecular complexity index is 852. The Morgan fingerprint density at radius 3 is 2.47 bits per heavy atom. The molecule has 2 aromatic rings. The van der Waals surface area contributed by atoms with Crippen LogP contribution in [0.3, 0.4) is 0 Å². The number of hydrogen-bond donors (Lipinski definition) is 2. The molecule has 2 N–H and O–H groups in total. The Balaban J connectivity index is 1.21. The van der Waals surface area contributed by atoms with Gasteiger partial charge in [0.25, 0.3) is 5.91 Å². The first-order valence-electron chi connectivity index (χ1n) is 10.9. The van der Waals surface area contributed by atoms with Gasteiger partial charge < -0.3 is 24.4 Å². The van der Waals surface area contributed by atoms with E-state index in [2.05, 4.69) is 15.2 Å². The highest BCUT2D eigenvalue weighted by Gasteiger charge is 2.31. The molecule has 1 saturated carbocycles. The molecule has 0 unspecified atom stereocenters. The molecule has 2 aliphatic rings. The normalized spacial score (nSPS) is 23.5. The van der Waals surface area contributed by atoms with Crippen LogP contribution < -0.4 is 5.32 Å². The Morgan fingerprint density at radius 2 is 1.83 bits per heavy atom. The standard InChI is InChI=1S/C22H32N4O4/c1-22(2,3)30-21(28)26-11-9-25(10-12-26)16-6-4-15(5-7-16)23-20(27)18-14-19-17(24-18)8-13-29-19/h8,13-16,24H,4-7,9-12H2,1-3H3,(H,23,27). The fourth-order valence-electron chi connectivity index (χ4n) is 4.42. The van der Waals surface area contributed by atoms with Gasteiger partial charge in [0.1, 0.15) is 11.3 Å². The molecular weight excluding hydrogens is 384 g/mol. The van der Waals surface area contributed by atoms with Gasteiger partial charge in [0.15, 0.2) is 5.58 Å². The number of furan rings is 1. The highest BCUT2D eigenvalue weighted by Crippen LogP contribution is 2.25. The summed E-state index contributed by atoms with van der Waals surface area (Å²) in [5.74, 6) is -0.0733. The van der Waals surface area contributed by atoms with Crippen molar-refractivity contribution in [2.45, 2.75) is 64.1 Å². The summed E-state index contributed by atoms with van der Waals surface area (Å²) < 4.78 is 10.8. The highest BCUT2D eigenvalue weighted by molar-refractivity contribution is 5.96. The molecule has 0 radical (unpaired) electrons. The van der Waals surface area contributed by atoms with Crippen LogP contribution in [-0.4, -0.2) is 70.6 Å². The lowest BCUT2D eigenvalue weighted by molar-refractivity contribution is 0.00775. The van der Waals surface area contributed by atoms with E-state index in [1.807, 2.05) is 26.8 Å². The van der Waals surface area contributed by atoms with Gasteiger partial charge >= 0.3 is 6.09 Å². The number of piperazine rings is 1. The number of ether oxygens (including phenoxy) is 1. The Labute approximate surface area is 176 Å². The largest absolute Gasteiger partial charge is 0.463 e. The van der Waals surface area contributed by atoms with Crippen LogP contribution in [0.4, 0.5) is 4.79 Å². The van der Waals surface area contributed by atoms with Gasteiger partial charge in [-0.2, -0.15) is 0 Å². The average Bonchev–Trinajstić information content (AvgIpc) is 3.30. The first-order chi connectivity index (χ1) is 14.3. The third kappa shape index (κ3) is 4.80. The van der Waals surface area contributed by atoms with Crippen molar-refractivity contribution in [1.29, 1.82) is 0 Å². The minimum Gasteiger partial charge on any atom is -0.463 e. The third-order valence-electron chi connectivity index (χ3n) is 6.00. The van der Waals surface area contributed by atoms with Crippen LogP contribution in [0.25, 0.3) is 11.1 Å². The fraction of sp³-hybridized carbons (Fsp3) is 0.636. The number of nitrogens with one attached hydrogen (secondary N) is 2. The lowest BCUT2D eigenvalue weighted by atomic mass is 9.89. The van der Waals surface area contributed by atoms with Gasteiger partial charge in [-0.1, -0.05) is 0 Å². The van der Waals surface area contributed by atoms with Crippen molar-refractivity contribution in [1.82, 2.24) is 20.1 Å². The maximum absolute atomic E-state index is 12.5. The number of nitrogens with zero attached hydrogens (tertiary/aromatic N) is 2. The Kier molecular flexibility index (Phi) is 5.77. The number of aromatic amines is 1. The van der Waals surface area contributed by atoms with Crippen LogP contribution in [0.1, 0.15) is 56.9 Å². The molecule has 0 spiro atoms. The van der Waals surface area contributed by atoms with E-state index in [-0.39, 0.29) is 18.0 Å². The molecule has 8 nitrogen and oxygen atoms in total. The molecule has 4 rings (SSSR count). The van der Waals surface area contributed by atoms with Crippen molar-refractivity contribution in [2.24, 2.45) is 0 Å². The molecule has 1 saturated heterocycles. The highest BCUT2D eigenvalue weighted by atomic mass is 16.6. The average molecular weight is 417 g/mol. The van der Waals surface area contributed by atoms with Gasteiger partial charge in [0.05, 0.1) is 11.8 Å². The van der Waals surface area contributed by atoms with E-state index >= 15 is 0 Å². The third-order valence-corrected chi connectivity index (χ3v) is 6.00. The Morgan fingerprint density at radius 1 is 1.13 bits per heavy atom. The summed E-state index contributed by atoms with van der Waals surface area (Å²) in [7, 11) is 0. The van der Waals surface area contributed by atoms with Gasteiger partial charge in [-0.3, -0.25) is 9.69 Å². The molecule has 0 aromatic carbocycles. The van der Waals surface area contributed by atoms with Crippen LogP contribution in [0.2, 0.25) is 0 Å². The molecule has 1 aliphatic heterocycles. The molecule has 3 heterocycles. The minimum atomic E-state index is -0.457. The van der Waals surface area contributed by atoms with Crippen molar-refractivity contribution in [3.05, 3.63) is 24.1 Å². The smallest absolute Gasteiger partial charge is 0.410 e. The minimum absolute atomic E-state index is 0.0733. The van der Waals surface area contributed by atoms with Gasteiger partial charge in [-0.15, -0.1) is 0 Å². The second kappa shape index (κ2) is 8.34. The monoisotopic (exact) mass is 416 g/mol. The number of rotatable bonds is 3. The number of amides is 2. The zero-order valence-corrected chi connectivity index (χ0v) is 18.1. The summed E-state index contributed by atoms with van der Waals surface area (Å²) >= 11 is 0. The summed E-state index contributed by atoms with van der Waals surface area (Å²) in [5, 5.41) is 3.15. The van der Waals surface area contributed by atoms with E-state index in [0.29, 0.717) is 30.4 Å². The fourth-order valence-corrected chi connectivity index (χ4v) is 4.42. The predicted molar refractivity (Wildman–Crippen MR) is 113 cm³/mol. The number of fused-ring (bicyclic) bond motifs is 1. The molecule has 30 heavy (non-hydrogen) atoms. The lowest BCUT2D eigenvalue weighted by Gasteiger charge is -2.42. The van der Waals surface area contributed by atoms with E-state index in [9.17, 15) is 9.59 Å². The number of aromatic nitrogens is 1. The van der Waals surface area contributed by atoms with E-state index in [4.69, 9.17) is 9.15 Å².